The van der Waals surface area contributed by atoms with E-state index in [2.05, 4.69) is 64.0 Å². The first-order valence-corrected chi connectivity index (χ1v) is 6.31. The van der Waals surface area contributed by atoms with Crippen molar-refractivity contribution >= 4 is 0 Å². The monoisotopic (exact) mass is 238 g/mol. The Kier molecular flexibility index (Phi) is 4.78. The van der Waals surface area contributed by atoms with Gasteiger partial charge in [-0.2, -0.15) is 0 Å². The van der Waals surface area contributed by atoms with E-state index in [0.717, 1.165) is 24.6 Å². The Bertz CT molecular complexity index is 336. The summed E-state index contributed by atoms with van der Waals surface area (Å²) in [6, 6.07) is 4.66. The van der Waals surface area contributed by atoms with Gasteiger partial charge in [0.05, 0.1) is 13.1 Å². The van der Waals surface area contributed by atoms with Gasteiger partial charge >= 0.3 is 0 Å². The molecule has 0 amide bonds. The summed E-state index contributed by atoms with van der Waals surface area (Å²) in [5.74, 6) is 2.04. The van der Waals surface area contributed by atoms with E-state index < -0.39 is 0 Å². The molecule has 3 nitrogen and oxygen atoms in total. The smallest absolute Gasteiger partial charge is 0.118 e. The first kappa shape index (κ1) is 14.3. The number of hydrogen-bond donors (Lipinski definition) is 1. The van der Waals surface area contributed by atoms with E-state index in [9.17, 15) is 0 Å². The molecule has 0 saturated heterocycles. The lowest BCUT2D eigenvalue weighted by molar-refractivity contribution is 0.240. The second-order valence-corrected chi connectivity index (χ2v) is 5.98. The van der Waals surface area contributed by atoms with Crippen molar-refractivity contribution in [1.82, 2.24) is 10.2 Å². The Morgan fingerprint density at radius 2 is 1.82 bits per heavy atom. The third kappa shape index (κ3) is 5.37. The molecule has 17 heavy (non-hydrogen) atoms. The summed E-state index contributed by atoms with van der Waals surface area (Å²) in [4.78, 5) is 2.26. The molecule has 0 atom stereocenters. The average Bonchev–Trinajstić information content (AvgIpc) is 2.61. The van der Waals surface area contributed by atoms with Crippen LogP contribution < -0.4 is 5.32 Å². The van der Waals surface area contributed by atoms with E-state index >= 15 is 0 Å². The highest BCUT2D eigenvalue weighted by Crippen LogP contribution is 2.12. The predicted molar refractivity (Wildman–Crippen MR) is 71.9 cm³/mol. The lowest BCUT2D eigenvalue weighted by Gasteiger charge is -2.20. The van der Waals surface area contributed by atoms with Gasteiger partial charge in [-0.05, 0) is 53.8 Å². The van der Waals surface area contributed by atoms with Crippen LogP contribution in [0.15, 0.2) is 16.5 Å². The quantitative estimate of drug-likeness (QED) is 0.854. The molecule has 1 heterocycles. The molecule has 0 aromatic carbocycles. The fourth-order valence-corrected chi connectivity index (χ4v) is 1.38. The zero-order valence-corrected chi connectivity index (χ0v) is 12.0. The standard InChI is InChI=1S/C14H26N2O/c1-11(2)16(6)10-13-8-7-12(17-13)9-15-14(3,4)5/h7-8,11,15H,9-10H2,1-6H3. The van der Waals surface area contributed by atoms with Crippen molar-refractivity contribution in [3.05, 3.63) is 23.7 Å². The minimum absolute atomic E-state index is 0.127. The van der Waals surface area contributed by atoms with Crippen LogP contribution in [0.25, 0.3) is 0 Å². The Balaban J connectivity index is 2.48. The van der Waals surface area contributed by atoms with E-state index in [0.29, 0.717) is 6.04 Å². The van der Waals surface area contributed by atoms with E-state index in [-0.39, 0.29) is 5.54 Å². The Hall–Kier alpha value is -0.800. The third-order valence-electron chi connectivity index (χ3n) is 2.80. The maximum Gasteiger partial charge on any atom is 0.118 e. The lowest BCUT2D eigenvalue weighted by Crippen LogP contribution is -2.34. The molecule has 0 saturated carbocycles. The van der Waals surface area contributed by atoms with Crippen molar-refractivity contribution in [2.24, 2.45) is 0 Å². The molecule has 0 bridgehead atoms. The normalized spacial score (nSPS) is 12.7. The summed E-state index contributed by atoms with van der Waals surface area (Å²) in [6.07, 6.45) is 0. The van der Waals surface area contributed by atoms with Crippen molar-refractivity contribution in [2.45, 2.75) is 59.3 Å². The van der Waals surface area contributed by atoms with Crippen LogP contribution in [0.5, 0.6) is 0 Å². The van der Waals surface area contributed by atoms with Crippen molar-refractivity contribution in [3.63, 3.8) is 0 Å². The van der Waals surface area contributed by atoms with Gasteiger partial charge in [0.15, 0.2) is 0 Å². The highest BCUT2D eigenvalue weighted by molar-refractivity contribution is 5.07. The summed E-state index contributed by atoms with van der Waals surface area (Å²) in [7, 11) is 2.11. The van der Waals surface area contributed by atoms with E-state index in [4.69, 9.17) is 4.42 Å². The van der Waals surface area contributed by atoms with Crippen molar-refractivity contribution in [1.29, 1.82) is 0 Å². The van der Waals surface area contributed by atoms with Gasteiger partial charge in [0.25, 0.3) is 0 Å². The molecule has 1 rings (SSSR count). The lowest BCUT2D eigenvalue weighted by atomic mass is 10.1. The zero-order chi connectivity index (χ0) is 13.1. The summed E-state index contributed by atoms with van der Waals surface area (Å²) >= 11 is 0. The maximum atomic E-state index is 5.80. The number of rotatable bonds is 5. The molecule has 1 N–H and O–H groups in total. The summed E-state index contributed by atoms with van der Waals surface area (Å²) in [5.41, 5.74) is 0.127. The van der Waals surface area contributed by atoms with Crippen LogP contribution in [0.4, 0.5) is 0 Å². The van der Waals surface area contributed by atoms with Crippen molar-refractivity contribution < 1.29 is 4.42 Å². The molecule has 0 spiro atoms. The van der Waals surface area contributed by atoms with Gasteiger partial charge < -0.3 is 9.73 Å². The minimum atomic E-state index is 0.127. The SMILES string of the molecule is CC(C)N(C)Cc1ccc(CNC(C)(C)C)o1. The van der Waals surface area contributed by atoms with Gasteiger partial charge in [0.2, 0.25) is 0 Å². The van der Waals surface area contributed by atoms with Gasteiger partial charge in [0, 0.05) is 11.6 Å². The van der Waals surface area contributed by atoms with Gasteiger partial charge in [-0.15, -0.1) is 0 Å². The summed E-state index contributed by atoms with van der Waals surface area (Å²) in [5, 5.41) is 3.42. The first-order chi connectivity index (χ1) is 7.78. The molecule has 0 aliphatic rings. The highest BCUT2D eigenvalue weighted by Gasteiger charge is 2.11. The second-order valence-electron chi connectivity index (χ2n) is 5.98. The molecule has 0 aliphatic heterocycles. The number of furan rings is 1. The van der Waals surface area contributed by atoms with E-state index in [1.807, 2.05) is 0 Å². The van der Waals surface area contributed by atoms with Crippen LogP contribution in [0.2, 0.25) is 0 Å². The number of nitrogens with one attached hydrogen (secondary N) is 1. The topological polar surface area (TPSA) is 28.4 Å². The Labute approximate surface area is 105 Å². The minimum Gasteiger partial charge on any atom is -0.463 e. The molecule has 0 fully saturated rings. The molecule has 0 radical (unpaired) electrons. The molecular formula is C14H26N2O. The molecule has 0 unspecified atom stereocenters. The predicted octanol–water partition coefficient (Wildman–Crippen LogP) is 3.01. The van der Waals surface area contributed by atoms with Crippen LogP contribution in [0.1, 0.15) is 46.1 Å². The fourth-order valence-electron chi connectivity index (χ4n) is 1.38. The van der Waals surface area contributed by atoms with Gasteiger partial charge in [0.1, 0.15) is 11.5 Å². The van der Waals surface area contributed by atoms with Crippen LogP contribution in [-0.4, -0.2) is 23.5 Å². The zero-order valence-electron chi connectivity index (χ0n) is 12.0. The van der Waals surface area contributed by atoms with Crippen LogP contribution in [0, 0.1) is 0 Å². The molecular weight excluding hydrogens is 212 g/mol. The Morgan fingerprint density at radius 1 is 1.24 bits per heavy atom. The highest BCUT2D eigenvalue weighted by atomic mass is 16.3. The molecule has 98 valence electrons. The fraction of sp³-hybridized carbons (Fsp3) is 0.714. The molecule has 3 heteroatoms. The van der Waals surface area contributed by atoms with Crippen LogP contribution in [-0.2, 0) is 13.1 Å². The van der Waals surface area contributed by atoms with E-state index in [1.165, 1.54) is 0 Å². The third-order valence-corrected chi connectivity index (χ3v) is 2.80. The Morgan fingerprint density at radius 3 is 2.35 bits per heavy atom. The van der Waals surface area contributed by atoms with Gasteiger partial charge in [-0.25, -0.2) is 0 Å². The largest absolute Gasteiger partial charge is 0.463 e. The molecule has 1 aromatic heterocycles. The van der Waals surface area contributed by atoms with E-state index in [1.54, 1.807) is 0 Å². The van der Waals surface area contributed by atoms with Crippen molar-refractivity contribution in [2.75, 3.05) is 7.05 Å². The summed E-state index contributed by atoms with van der Waals surface area (Å²) < 4.78 is 5.80. The maximum absolute atomic E-state index is 5.80. The van der Waals surface area contributed by atoms with Crippen LogP contribution >= 0.6 is 0 Å². The molecule has 0 aliphatic carbocycles. The number of hydrogen-bond acceptors (Lipinski definition) is 3. The molecule has 1 aromatic rings. The summed E-state index contributed by atoms with van der Waals surface area (Å²) in [6.45, 7) is 12.5. The number of nitrogens with zero attached hydrogens (tertiary/aromatic N) is 1. The first-order valence-electron chi connectivity index (χ1n) is 6.31. The van der Waals surface area contributed by atoms with Gasteiger partial charge in [-0.3, -0.25) is 4.90 Å². The van der Waals surface area contributed by atoms with Gasteiger partial charge in [-0.1, -0.05) is 0 Å². The second kappa shape index (κ2) is 5.69. The van der Waals surface area contributed by atoms with Crippen LogP contribution in [0.3, 0.4) is 0 Å². The average molecular weight is 238 g/mol. The van der Waals surface area contributed by atoms with Crippen molar-refractivity contribution in [3.8, 4) is 0 Å².